The third kappa shape index (κ3) is 4.20. The molecule has 0 bridgehead atoms. The summed E-state index contributed by atoms with van der Waals surface area (Å²) in [6.45, 7) is 4.82. The molecule has 9 aromatic rings. The lowest BCUT2D eigenvalue weighted by Gasteiger charge is -2.32. The van der Waals surface area contributed by atoms with E-state index in [0.717, 1.165) is 5.69 Å². The van der Waals surface area contributed by atoms with Crippen molar-refractivity contribution in [3.8, 4) is 22.3 Å². The van der Waals surface area contributed by atoms with Crippen LogP contribution in [0.4, 0.5) is 17.1 Å². The van der Waals surface area contributed by atoms with E-state index in [2.05, 4.69) is 207 Å². The van der Waals surface area contributed by atoms with Gasteiger partial charge in [-0.05, 0) is 94.3 Å². The minimum atomic E-state index is -0.310. The average molecular weight is 708 g/mol. The maximum atomic E-state index is 2.57. The van der Waals surface area contributed by atoms with Crippen molar-refractivity contribution in [1.29, 1.82) is 0 Å². The summed E-state index contributed by atoms with van der Waals surface area (Å²) < 4.78 is 2.60. The molecule has 0 amide bonds. The van der Waals surface area contributed by atoms with Crippen LogP contribution in [0.25, 0.3) is 42.4 Å². The maximum absolute atomic E-state index is 2.57. The fourth-order valence-corrected chi connectivity index (χ4v) is 11.0. The second-order valence-corrected chi connectivity index (χ2v) is 16.1. The molecule has 1 heterocycles. The molecule has 256 valence electrons. The van der Waals surface area contributed by atoms with E-state index in [1.54, 1.807) is 0 Å². The first-order valence-corrected chi connectivity index (χ1v) is 19.7. The van der Waals surface area contributed by atoms with E-state index in [9.17, 15) is 0 Å². The molecule has 8 aromatic carbocycles. The van der Waals surface area contributed by atoms with Crippen molar-refractivity contribution in [1.82, 2.24) is 0 Å². The highest BCUT2D eigenvalue weighted by atomic mass is 32.1. The molecule has 0 fully saturated rings. The molecule has 0 aliphatic heterocycles. The molecular formula is C52H37NS. The fraction of sp³-hybridized carbons (Fsp3) is 0.0769. The maximum Gasteiger partial charge on any atom is 0.0640 e. The number of anilines is 3. The highest BCUT2D eigenvalue weighted by Crippen LogP contribution is 2.59. The first-order chi connectivity index (χ1) is 26.6. The number of nitrogens with zero attached hydrogens (tertiary/aromatic N) is 1. The normalized spacial score (nSPS) is 18.0. The zero-order valence-corrected chi connectivity index (χ0v) is 31.1. The van der Waals surface area contributed by atoms with Crippen LogP contribution in [0.1, 0.15) is 47.2 Å². The first-order valence-electron chi connectivity index (χ1n) is 18.9. The van der Waals surface area contributed by atoms with Crippen LogP contribution < -0.4 is 4.90 Å². The van der Waals surface area contributed by atoms with Gasteiger partial charge in [-0.3, -0.25) is 0 Å². The van der Waals surface area contributed by atoms with Crippen LogP contribution in [0.15, 0.2) is 188 Å². The molecule has 2 aliphatic carbocycles. The molecule has 2 atom stereocenters. The van der Waals surface area contributed by atoms with E-state index in [1.165, 1.54) is 87.2 Å². The molecule has 11 rings (SSSR count). The Kier molecular flexibility index (Phi) is 6.75. The molecule has 0 radical (unpaired) electrons. The van der Waals surface area contributed by atoms with Gasteiger partial charge in [0.15, 0.2) is 0 Å². The van der Waals surface area contributed by atoms with E-state index in [-0.39, 0.29) is 10.8 Å². The molecule has 0 saturated heterocycles. The summed E-state index contributed by atoms with van der Waals surface area (Å²) in [6.07, 6.45) is 0. The Hall–Kier alpha value is -6.22. The van der Waals surface area contributed by atoms with Gasteiger partial charge in [-0.15, -0.1) is 11.3 Å². The molecule has 54 heavy (non-hydrogen) atoms. The zero-order chi connectivity index (χ0) is 36.0. The predicted octanol–water partition coefficient (Wildman–Crippen LogP) is 14.2. The number of hydrogen-bond acceptors (Lipinski definition) is 2. The number of thiophene rings is 1. The molecular weight excluding hydrogens is 671 g/mol. The van der Waals surface area contributed by atoms with Gasteiger partial charge in [0.2, 0.25) is 0 Å². The van der Waals surface area contributed by atoms with Gasteiger partial charge in [-0.1, -0.05) is 158 Å². The second-order valence-electron chi connectivity index (χ2n) is 15.1. The lowest BCUT2D eigenvalue weighted by molar-refractivity contribution is 0.713. The van der Waals surface area contributed by atoms with Crippen molar-refractivity contribution in [2.45, 2.75) is 24.7 Å². The van der Waals surface area contributed by atoms with Crippen LogP contribution in [-0.4, -0.2) is 0 Å². The topological polar surface area (TPSA) is 3.24 Å². The third-order valence-corrected chi connectivity index (χ3v) is 13.6. The Morgan fingerprint density at radius 1 is 0.407 bits per heavy atom. The van der Waals surface area contributed by atoms with E-state index in [0.29, 0.717) is 0 Å². The fourth-order valence-electron chi connectivity index (χ4n) is 9.81. The molecule has 0 N–H and O–H groups in total. The third-order valence-electron chi connectivity index (χ3n) is 12.4. The van der Waals surface area contributed by atoms with Crippen LogP contribution in [0.2, 0.25) is 0 Å². The smallest absolute Gasteiger partial charge is 0.0640 e. The Morgan fingerprint density at radius 3 is 1.70 bits per heavy atom. The summed E-state index contributed by atoms with van der Waals surface area (Å²) in [6, 6.07) is 70.0. The van der Waals surface area contributed by atoms with Crippen LogP contribution >= 0.6 is 11.3 Å². The van der Waals surface area contributed by atoms with Crippen molar-refractivity contribution >= 4 is 48.6 Å². The van der Waals surface area contributed by atoms with Crippen LogP contribution in [0, 0.1) is 0 Å². The minimum Gasteiger partial charge on any atom is -0.308 e. The molecule has 2 aliphatic rings. The van der Waals surface area contributed by atoms with Gasteiger partial charge in [0.05, 0.1) is 16.1 Å². The monoisotopic (exact) mass is 707 g/mol. The van der Waals surface area contributed by atoms with Gasteiger partial charge in [0, 0.05) is 37.6 Å². The first kappa shape index (κ1) is 31.3. The van der Waals surface area contributed by atoms with Gasteiger partial charge < -0.3 is 4.90 Å². The standard InChI is InChI=1S/C52H37NS/c1-51(34-17-5-3-6-18-34)43-26-13-10-23-41(43)49-44(51)27-16-28-46(49)53(47-29-15-24-40-39-22-11-14-30-48(39)54-50(40)47)36-31-32-38-37-21-9-12-25-42(37)52(2,45(38)33-36)35-19-7-4-8-20-35/h3-33H,1-2H3. The zero-order valence-electron chi connectivity index (χ0n) is 30.3. The van der Waals surface area contributed by atoms with Crippen molar-refractivity contribution in [2.75, 3.05) is 4.90 Å². The predicted molar refractivity (Wildman–Crippen MR) is 229 cm³/mol. The largest absolute Gasteiger partial charge is 0.308 e. The van der Waals surface area contributed by atoms with Gasteiger partial charge >= 0.3 is 0 Å². The highest BCUT2D eigenvalue weighted by molar-refractivity contribution is 7.26. The van der Waals surface area contributed by atoms with Crippen molar-refractivity contribution in [3.05, 3.63) is 221 Å². The molecule has 2 heteroatoms. The summed E-state index contributed by atoms with van der Waals surface area (Å²) in [5.74, 6) is 0. The SMILES string of the molecule is CC1(c2ccccc2)c2ccccc2-c2ccc(N(c3cccc4c3-c3ccccc3C4(C)c3ccccc3)c3cccc4c3sc3ccccc34)cc21. The van der Waals surface area contributed by atoms with Gasteiger partial charge in [0.25, 0.3) is 0 Å². The minimum absolute atomic E-state index is 0.302. The van der Waals surface area contributed by atoms with E-state index in [1.807, 2.05) is 11.3 Å². The van der Waals surface area contributed by atoms with E-state index in [4.69, 9.17) is 0 Å². The number of fused-ring (bicyclic) bond motifs is 9. The lowest BCUT2D eigenvalue weighted by atomic mass is 9.74. The van der Waals surface area contributed by atoms with Crippen LogP contribution in [0.3, 0.4) is 0 Å². The molecule has 1 nitrogen and oxygen atoms in total. The molecule has 0 spiro atoms. The Balaban J connectivity index is 1.23. The van der Waals surface area contributed by atoms with Crippen molar-refractivity contribution in [2.24, 2.45) is 0 Å². The van der Waals surface area contributed by atoms with Gasteiger partial charge in [0.1, 0.15) is 0 Å². The Labute approximate surface area is 320 Å². The van der Waals surface area contributed by atoms with Crippen molar-refractivity contribution < 1.29 is 0 Å². The van der Waals surface area contributed by atoms with Crippen LogP contribution in [-0.2, 0) is 10.8 Å². The Bertz CT molecular complexity index is 2920. The summed E-state index contributed by atoms with van der Waals surface area (Å²) in [7, 11) is 0. The van der Waals surface area contributed by atoms with Crippen LogP contribution in [0.5, 0.6) is 0 Å². The quantitative estimate of drug-likeness (QED) is 0.172. The number of rotatable bonds is 5. The summed E-state index contributed by atoms with van der Waals surface area (Å²) >= 11 is 1.89. The number of hydrogen-bond donors (Lipinski definition) is 0. The van der Waals surface area contributed by atoms with E-state index >= 15 is 0 Å². The van der Waals surface area contributed by atoms with Gasteiger partial charge in [-0.2, -0.15) is 0 Å². The van der Waals surface area contributed by atoms with Gasteiger partial charge in [-0.25, -0.2) is 0 Å². The average Bonchev–Trinajstić information content (AvgIpc) is 3.84. The molecule has 0 saturated carbocycles. The van der Waals surface area contributed by atoms with Crippen molar-refractivity contribution in [3.63, 3.8) is 0 Å². The highest BCUT2D eigenvalue weighted by Gasteiger charge is 2.44. The lowest BCUT2D eigenvalue weighted by Crippen LogP contribution is -2.23. The molecule has 2 unspecified atom stereocenters. The Morgan fingerprint density at radius 2 is 0.944 bits per heavy atom. The summed E-state index contributed by atoms with van der Waals surface area (Å²) in [5.41, 5.74) is 16.1. The second kappa shape index (κ2) is 11.6. The van der Waals surface area contributed by atoms with E-state index < -0.39 is 0 Å². The number of benzene rings is 8. The molecule has 1 aromatic heterocycles. The summed E-state index contributed by atoms with van der Waals surface area (Å²) in [4.78, 5) is 2.57. The summed E-state index contributed by atoms with van der Waals surface area (Å²) in [5, 5.41) is 2.60.